The lowest BCUT2D eigenvalue weighted by molar-refractivity contribution is -0.134. The highest BCUT2D eigenvalue weighted by Gasteiger charge is 2.34. The number of benzene rings is 2. The number of para-hydroxylation sites is 1. The third-order valence-corrected chi connectivity index (χ3v) is 7.63. The molecule has 0 aromatic heterocycles. The van der Waals surface area contributed by atoms with Gasteiger partial charge in [-0.1, -0.05) is 12.1 Å². The van der Waals surface area contributed by atoms with Crippen LogP contribution in [-0.2, 0) is 19.6 Å². The molecule has 2 aliphatic heterocycles. The highest BCUT2D eigenvalue weighted by atomic mass is 32.2. The summed E-state index contributed by atoms with van der Waals surface area (Å²) >= 11 is 0. The van der Waals surface area contributed by atoms with Gasteiger partial charge in [0.05, 0.1) is 29.7 Å². The van der Waals surface area contributed by atoms with Crippen LogP contribution in [-0.4, -0.2) is 74.7 Å². The first-order valence-electron chi connectivity index (χ1n) is 10.4. The first-order chi connectivity index (χ1) is 15.8. The van der Waals surface area contributed by atoms with E-state index in [2.05, 4.69) is 10.6 Å². The predicted octanol–water partition coefficient (Wildman–Crippen LogP) is 0.669. The molecule has 0 aliphatic carbocycles. The Morgan fingerprint density at radius 1 is 1.03 bits per heavy atom. The van der Waals surface area contributed by atoms with Gasteiger partial charge in [0.1, 0.15) is 11.8 Å². The van der Waals surface area contributed by atoms with E-state index in [1.165, 1.54) is 28.4 Å². The van der Waals surface area contributed by atoms with E-state index in [4.69, 9.17) is 4.74 Å². The van der Waals surface area contributed by atoms with Gasteiger partial charge in [-0.3, -0.25) is 14.4 Å². The second-order valence-corrected chi connectivity index (χ2v) is 9.66. The van der Waals surface area contributed by atoms with Crippen LogP contribution in [0, 0.1) is 0 Å². The molecule has 4 rings (SSSR count). The maximum atomic E-state index is 12.9. The predicted molar refractivity (Wildman–Crippen MR) is 119 cm³/mol. The zero-order valence-corrected chi connectivity index (χ0v) is 18.8. The molecule has 33 heavy (non-hydrogen) atoms. The molecule has 3 amide bonds. The minimum atomic E-state index is -3.70. The Morgan fingerprint density at radius 3 is 2.36 bits per heavy atom. The molecule has 0 spiro atoms. The zero-order chi connectivity index (χ0) is 23.6. The maximum absolute atomic E-state index is 12.9. The van der Waals surface area contributed by atoms with Crippen LogP contribution in [0.2, 0.25) is 0 Å². The standard InChI is InChI=1S/C22H24N4O6S/c1-32-15-6-8-16(9-7-15)33(30,31)26-12-10-25(11-13-26)20(27)14-19-22(29)23-18-5-3-2-4-17(18)21(28)24-19/h2-9,19H,10-14H2,1H3,(H,23,29)(H,24,28)/t19-/m0/s1. The van der Waals surface area contributed by atoms with Gasteiger partial charge in [-0.25, -0.2) is 8.42 Å². The third-order valence-electron chi connectivity index (χ3n) is 5.72. The van der Waals surface area contributed by atoms with Gasteiger partial charge in [0, 0.05) is 26.2 Å². The number of sulfonamides is 1. The lowest BCUT2D eigenvalue weighted by Gasteiger charge is -2.34. The fourth-order valence-corrected chi connectivity index (χ4v) is 5.26. The number of methoxy groups -OCH3 is 1. The highest BCUT2D eigenvalue weighted by Crippen LogP contribution is 2.22. The van der Waals surface area contributed by atoms with Crippen LogP contribution >= 0.6 is 0 Å². The monoisotopic (exact) mass is 472 g/mol. The van der Waals surface area contributed by atoms with Gasteiger partial charge in [0.15, 0.2) is 0 Å². The van der Waals surface area contributed by atoms with Gasteiger partial charge < -0.3 is 20.3 Å². The Hall–Kier alpha value is -3.44. The Bertz CT molecular complexity index is 1170. The van der Waals surface area contributed by atoms with E-state index in [-0.39, 0.29) is 43.4 Å². The van der Waals surface area contributed by atoms with Crippen molar-refractivity contribution in [3.63, 3.8) is 0 Å². The van der Waals surface area contributed by atoms with E-state index >= 15 is 0 Å². The molecule has 0 radical (unpaired) electrons. The van der Waals surface area contributed by atoms with Crippen molar-refractivity contribution >= 4 is 33.4 Å². The number of carbonyl (C=O) groups excluding carboxylic acids is 3. The maximum Gasteiger partial charge on any atom is 0.254 e. The molecule has 11 heteroatoms. The van der Waals surface area contributed by atoms with Crippen LogP contribution in [0.5, 0.6) is 5.75 Å². The summed E-state index contributed by atoms with van der Waals surface area (Å²) < 4.78 is 32.2. The molecule has 1 atom stereocenters. The number of hydrogen-bond acceptors (Lipinski definition) is 6. The van der Waals surface area contributed by atoms with Crippen molar-refractivity contribution in [3.8, 4) is 5.75 Å². The Balaban J connectivity index is 1.36. The second kappa shape index (κ2) is 9.20. The van der Waals surface area contributed by atoms with Crippen molar-refractivity contribution in [2.24, 2.45) is 0 Å². The molecular formula is C22H24N4O6S. The van der Waals surface area contributed by atoms with E-state index in [9.17, 15) is 22.8 Å². The Labute approximate surface area is 191 Å². The molecule has 2 aliphatic rings. The quantitative estimate of drug-likeness (QED) is 0.659. The summed E-state index contributed by atoms with van der Waals surface area (Å²) in [6, 6.07) is 11.7. The van der Waals surface area contributed by atoms with Crippen LogP contribution in [0.25, 0.3) is 0 Å². The van der Waals surface area contributed by atoms with Crippen LogP contribution in [0.1, 0.15) is 16.8 Å². The van der Waals surface area contributed by atoms with Gasteiger partial charge in [-0.15, -0.1) is 0 Å². The van der Waals surface area contributed by atoms with Crippen LogP contribution < -0.4 is 15.4 Å². The van der Waals surface area contributed by atoms with Crippen LogP contribution in [0.4, 0.5) is 5.69 Å². The molecule has 2 aromatic rings. The molecule has 1 saturated heterocycles. The van der Waals surface area contributed by atoms with Crippen molar-refractivity contribution in [1.82, 2.24) is 14.5 Å². The van der Waals surface area contributed by atoms with Gasteiger partial charge in [0.2, 0.25) is 21.8 Å². The van der Waals surface area contributed by atoms with Crippen molar-refractivity contribution in [2.75, 3.05) is 38.6 Å². The molecule has 2 heterocycles. The summed E-state index contributed by atoms with van der Waals surface area (Å²) in [5, 5.41) is 5.28. The van der Waals surface area contributed by atoms with E-state index in [0.29, 0.717) is 17.0 Å². The number of nitrogens with one attached hydrogen (secondary N) is 2. The van der Waals surface area contributed by atoms with Crippen molar-refractivity contribution < 1.29 is 27.5 Å². The van der Waals surface area contributed by atoms with E-state index in [1.807, 2.05) is 0 Å². The number of rotatable bonds is 5. The average Bonchev–Trinajstić information content (AvgIpc) is 2.95. The lowest BCUT2D eigenvalue weighted by Crippen LogP contribution is -2.52. The van der Waals surface area contributed by atoms with Crippen molar-refractivity contribution in [3.05, 3.63) is 54.1 Å². The van der Waals surface area contributed by atoms with Gasteiger partial charge in [-0.2, -0.15) is 4.31 Å². The molecule has 2 aromatic carbocycles. The molecule has 2 N–H and O–H groups in total. The van der Waals surface area contributed by atoms with E-state index in [1.54, 1.807) is 36.4 Å². The fraction of sp³-hybridized carbons (Fsp3) is 0.318. The molecule has 0 saturated carbocycles. The summed E-state index contributed by atoms with van der Waals surface area (Å²) in [6.07, 6.45) is -0.212. The molecule has 174 valence electrons. The average molecular weight is 473 g/mol. The molecular weight excluding hydrogens is 448 g/mol. The van der Waals surface area contributed by atoms with Gasteiger partial charge in [-0.05, 0) is 36.4 Å². The Morgan fingerprint density at radius 2 is 1.70 bits per heavy atom. The summed E-state index contributed by atoms with van der Waals surface area (Å²) in [4.78, 5) is 39.5. The Kier molecular flexibility index (Phi) is 6.34. The molecule has 10 nitrogen and oxygen atoms in total. The summed E-state index contributed by atoms with van der Waals surface area (Å²) in [6.45, 7) is 0.650. The van der Waals surface area contributed by atoms with Gasteiger partial charge in [0.25, 0.3) is 5.91 Å². The first-order valence-corrected chi connectivity index (χ1v) is 11.9. The zero-order valence-electron chi connectivity index (χ0n) is 18.0. The van der Waals surface area contributed by atoms with Crippen molar-refractivity contribution in [2.45, 2.75) is 17.4 Å². The second-order valence-electron chi connectivity index (χ2n) is 7.73. The number of fused-ring (bicyclic) bond motifs is 1. The minimum absolute atomic E-state index is 0.134. The molecule has 1 fully saturated rings. The van der Waals surface area contributed by atoms with Crippen LogP contribution in [0.3, 0.4) is 0 Å². The molecule has 0 unspecified atom stereocenters. The highest BCUT2D eigenvalue weighted by molar-refractivity contribution is 7.89. The number of amides is 3. The van der Waals surface area contributed by atoms with Crippen LogP contribution in [0.15, 0.2) is 53.4 Å². The number of carbonyl (C=O) groups is 3. The van der Waals surface area contributed by atoms with Gasteiger partial charge >= 0.3 is 0 Å². The number of piperazine rings is 1. The molecule has 0 bridgehead atoms. The smallest absolute Gasteiger partial charge is 0.254 e. The third kappa shape index (κ3) is 4.69. The van der Waals surface area contributed by atoms with E-state index in [0.717, 1.165) is 0 Å². The first kappa shape index (κ1) is 22.7. The number of ether oxygens (including phenoxy) is 1. The minimum Gasteiger partial charge on any atom is -0.497 e. The lowest BCUT2D eigenvalue weighted by atomic mass is 10.1. The summed E-state index contributed by atoms with van der Waals surface area (Å²) in [5.74, 6) is -0.676. The normalized spacial score (nSPS) is 19.2. The SMILES string of the molecule is COc1ccc(S(=O)(=O)N2CCN(C(=O)C[C@@H]3NC(=O)c4ccccc4NC3=O)CC2)cc1. The van der Waals surface area contributed by atoms with Crippen molar-refractivity contribution in [1.29, 1.82) is 0 Å². The topological polar surface area (TPSA) is 125 Å². The largest absolute Gasteiger partial charge is 0.497 e. The number of anilines is 1. The summed E-state index contributed by atoms with van der Waals surface area (Å²) in [7, 11) is -2.19. The summed E-state index contributed by atoms with van der Waals surface area (Å²) in [5.41, 5.74) is 0.727. The van der Waals surface area contributed by atoms with E-state index < -0.39 is 27.9 Å². The number of hydrogen-bond donors (Lipinski definition) is 2. The number of nitrogens with zero attached hydrogens (tertiary/aromatic N) is 2. The fourth-order valence-electron chi connectivity index (χ4n) is 3.83.